The summed E-state index contributed by atoms with van der Waals surface area (Å²) in [6, 6.07) is 9.75. The molecule has 1 aromatic rings. The van der Waals surface area contributed by atoms with Gasteiger partial charge in [0.05, 0.1) is 6.61 Å². The van der Waals surface area contributed by atoms with Crippen LogP contribution in [0.4, 0.5) is 8.78 Å². The Morgan fingerprint density at radius 1 is 1.29 bits per heavy atom. The molecule has 1 aliphatic carbocycles. The molecule has 1 aromatic carbocycles. The summed E-state index contributed by atoms with van der Waals surface area (Å²) in [5.41, 5.74) is 3.85. The molecule has 2 nitrogen and oxygen atoms in total. The SMILES string of the molecule is FC1(F)CCC(CNOCc2ccccc2)C1. The Morgan fingerprint density at radius 3 is 2.71 bits per heavy atom. The molecule has 2 rings (SSSR count). The van der Waals surface area contributed by atoms with Crippen molar-refractivity contribution >= 4 is 0 Å². The van der Waals surface area contributed by atoms with Crippen LogP contribution in [0.2, 0.25) is 0 Å². The van der Waals surface area contributed by atoms with Crippen LogP contribution in [0.3, 0.4) is 0 Å². The first-order chi connectivity index (χ1) is 8.16. The molecule has 0 bridgehead atoms. The van der Waals surface area contributed by atoms with E-state index in [-0.39, 0.29) is 18.8 Å². The molecule has 0 amide bonds. The molecule has 1 atom stereocenters. The third kappa shape index (κ3) is 4.06. The molecular formula is C13H17F2NO. The van der Waals surface area contributed by atoms with E-state index in [0.29, 0.717) is 19.6 Å². The monoisotopic (exact) mass is 241 g/mol. The molecule has 1 fully saturated rings. The van der Waals surface area contributed by atoms with Crippen LogP contribution >= 0.6 is 0 Å². The van der Waals surface area contributed by atoms with E-state index in [9.17, 15) is 8.78 Å². The Bertz CT molecular complexity index is 343. The summed E-state index contributed by atoms with van der Waals surface area (Å²) in [4.78, 5) is 5.25. The second kappa shape index (κ2) is 5.56. The first kappa shape index (κ1) is 12.5. The number of hydrogen-bond donors (Lipinski definition) is 1. The average molecular weight is 241 g/mol. The van der Waals surface area contributed by atoms with Gasteiger partial charge < -0.3 is 0 Å². The zero-order valence-electron chi connectivity index (χ0n) is 9.66. The summed E-state index contributed by atoms with van der Waals surface area (Å²) in [6.45, 7) is 0.965. The van der Waals surface area contributed by atoms with Gasteiger partial charge in [-0.3, -0.25) is 4.84 Å². The van der Waals surface area contributed by atoms with Crippen LogP contribution in [0.5, 0.6) is 0 Å². The summed E-state index contributed by atoms with van der Waals surface area (Å²) in [6.07, 6.45) is 0.571. The quantitative estimate of drug-likeness (QED) is 0.631. The molecule has 1 aliphatic rings. The highest BCUT2D eigenvalue weighted by Crippen LogP contribution is 2.38. The first-order valence-corrected chi connectivity index (χ1v) is 5.92. The third-order valence-corrected chi connectivity index (χ3v) is 3.06. The van der Waals surface area contributed by atoms with Crippen LogP contribution < -0.4 is 5.48 Å². The smallest absolute Gasteiger partial charge is 0.248 e. The molecule has 94 valence electrons. The molecule has 4 heteroatoms. The van der Waals surface area contributed by atoms with Gasteiger partial charge in [0.2, 0.25) is 5.92 Å². The third-order valence-electron chi connectivity index (χ3n) is 3.06. The molecule has 0 aliphatic heterocycles. The Kier molecular flexibility index (Phi) is 4.07. The van der Waals surface area contributed by atoms with E-state index in [1.54, 1.807) is 0 Å². The molecule has 0 radical (unpaired) electrons. The van der Waals surface area contributed by atoms with Gasteiger partial charge in [0.1, 0.15) is 0 Å². The second-order valence-corrected chi connectivity index (χ2v) is 4.59. The van der Waals surface area contributed by atoms with Gasteiger partial charge in [-0.25, -0.2) is 14.3 Å². The largest absolute Gasteiger partial charge is 0.297 e. The number of halogens is 2. The number of nitrogens with one attached hydrogen (secondary N) is 1. The zero-order valence-corrected chi connectivity index (χ0v) is 9.66. The van der Waals surface area contributed by atoms with Crippen molar-refractivity contribution in [1.29, 1.82) is 0 Å². The van der Waals surface area contributed by atoms with Crippen LogP contribution in [0.25, 0.3) is 0 Å². The van der Waals surface area contributed by atoms with E-state index < -0.39 is 5.92 Å². The highest BCUT2D eigenvalue weighted by atomic mass is 19.3. The van der Waals surface area contributed by atoms with Crippen LogP contribution in [0.15, 0.2) is 30.3 Å². The van der Waals surface area contributed by atoms with E-state index in [4.69, 9.17) is 4.84 Å². The Hall–Kier alpha value is -1.00. The lowest BCUT2D eigenvalue weighted by molar-refractivity contribution is -0.00461. The maximum Gasteiger partial charge on any atom is 0.248 e. The van der Waals surface area contributed by atoms with E-state index in [0.717, 1.165) is 5.56 Å². The number of benzene rings is 1. The maximum absolute atomic E-state index is 12.9. The predicted molar refractivity (Wildman–Crippen MR) is 61.5 cm³/mol. The minimum absolute atomic E-state index is 0.0119. The van der Waals surface area contributed by atoms with Gasteiger partial charge in [0.25, 0.3) is 0 Å². The van der Waals surface area contributed by atoms with Crippen molar-refractivity contribution in [2.45, 2.75) is 31.8 Å². The molecule has 17 heavy (non-hydrogen) atoms. The van der Waals surface area contributed by atoms with Crippen molar-refractivity contribution in [1.82, 2.24) is 5.48 Å². The van der Waals surface area contributed by atoms with Gasteiger partial charge in [-0.05, 0) is 17.9 Å². The van der Waals surface area contributed by atoms with Crippen LogP contribution in [0, 0.1) is 5.92 Å². The summed E-state index contributed by atoms with van der Waals surface area (Å²) in [7, 11) is 0. The minimum atomic E-state index is -2.47. The predicted octanol–water partition coefficient (Wildman–Crippen LogP) is 3.14. The number of hydroxylamine groups is 1. The van der Waals surface area contributed by atoms with Crippen molar-refractivity contribution in [3.05, 3.63) is 35.9 Å². The maximum atomic E-state index is 12.9. The van der Waals surface area contributed by atoms with Crippen LogP contribution in [-0.4, -0.2) is 12.5 Å². The Balaban J connectivity index is 1.61. The molecule has 1 N–H and O–H groups in total. The fraction of sp³-hybridized carbons (Fsp3) is 0.538. The molecular weight excluding hydrogens is 224 g/mol. The lowest BCUT2D eigenvalue weighted by Gasteiger charge is -2.11. The fourth-order valence-corrected chi connectivity index (χ4v) is 2.10. The standard InChI is InChI=1S/C13H17F2NO/c14-13(15)7-6-12(8-13)9-16-17-10-11-4-2-1-3-5-11/h1-5,12,16H,6-10H2. The molecule has 0 aromatic heterocycles. The van der Waals surface area contributed by atoms with E-state index in [1.165, 1.54) is 0 Å². The number of alkyl halides is 2. The van der Waals surface area contributed by atoms with Crippen molar-refractivity contribution in [3.63, 3.8) is 0 Å². The van der Waals surface area contributed by atoms with Gasteiger partial charge >= 0.3 is 0 Å². The summed E-state index contributed by atoms with van der Waals surface area (Å²) < 4.78 is 25.8. The molecule has 0 spiro atoms. The topological polar surface area (TPSA) is 21.3 Å². The Morgan fingerprint density at radius 2 is 2.06 bits per heavy atom. The normalized spacial score (nSPS) is 22.8. The van der Waals surface area contributed by atoms with Gasteiger partial charge in [0.15, 0.2) is 0 Å². The van der Waals surface area contributed by atoms with Crippen molar-refractivity contribution in [2.24, 2.45) is 5.92 Å². The lowest BCUT2D eigenvalue weighted by atomic mass is 10.1. The fourth-order valence-electron chi connectivity index (χ4n) is 2.10. The van der Waals surface area contributed by atoms with E-state index in [2.05, 4.69) is 5.48 Å². The minimum Gasteiger partial charge on any atom is -0.297 e. The van der Waals surface area contributed by atoms with Gasteiger partial charge in [-0.1, -0.05) is 30.3 Å². The van der Waals surface area contributed by atoms with E-state index >= 15 is 0 Å². The first-order valence-electron chi connectivity index (χ1n) is 5.92. The zero-order chi connectivity index (χ0) is 12.1. The lowest BCUT2D eigenvalue weighted by Crippen LogP contribution is -2.22. The Labute approximate surface area is 99.9 Å². The van der Waals surface area contributed by atoms with Crippen molar-refractivity contribution in [2.75, 3.05) is 6.54 Å². The van der Waals surface area contributed by atoms with E-state index in [1.807, 2.05) is 30.3 Å². The highest BCUT2D eigenvalue weighted by molar-refractivity contribution is 5.13. The van der Waals surface area contributed by atoms with Crippen molar-refractivity contribution < 1.29 is 13.6 Å². The summed E-state index contributed by atoms with van der Waals surface area (Å²) in [5.74, 6) is -2.44. The molecule has 0 heterocycles. The second-order valence-electron chi connectivity index (χ2n) is 4.59. The number of hydrogen-bond acceptors (Lipinski definition) is 2. The molecule has 0 saturated heterocycles. The number of rotatable bonds is 5. The summed E-state index contributed by atoms with van der Waals surface area (Å²) >= 11 is 0. The van der Waals surface area contributed by atoms with Gasteiger partial charge in [-0.15, -0.1) is 0 Å². The van der Waals surface area contributed by atoms with Crippen molar-refractivity contribution in [3.8, 4) is 0 Å². The van der Waals surface area contributed by atoms with Crippen LogP contribution in [-0.2, 0) is 11.4 Å². The summed E-state index contributed by atoms with van der Waals surface area (Å²) in [5, 5.41) is 0. The van der Waals surface area contributed by atoms with Gasteiger partial charge in [0, 0.05) is 19.4 Å². The highest BCUT2D eigenvalue weighted by Gasteiger charge is 2.38. The molecule has 1 unspecified atom stereocenters. The van der Waals surface area contributed by atoms with Gasteiger partial charge in [-0.2, -0.15) is 0 Å². The van der Waals surface area contributed by atoms with Crippen LogP contribution in [0.1, 0.15) is 24.8 Å². The molecule has 1 saturated carbocycles. The average Bonchev–Trinajstić information content (AvgIpc) is 2.66.